The topological polar surface area (TPSA) is 28.7 Å². The summed E-state index contributed by atoms with van der Waals surface area (Å²) in [5, 5.41) is 3.71. The Kier molecular flexibility index (Phi) is 1.99. The highest BCUT2D eigenvalue weighted by molar-refractivity contribution is 6.17. The van der Waals surface area contributed by atoms with E-state index in [1.807, 2.05) is 6.07 Å². The molecular formula is C17H14N2. The van der Waals surface area contributed by atoms with Crippen LogP contribution in [0.2, 0.25) is 0 Å². The van der Waals surface area contributed by atoms with Gasteiger partial charge in [0, 0.05) is 27.4 Å². The summed E-state index contributed by atoms with van der Waals surface area (Å²) in [6.07, 6.45) is 0. The summed E-state index contributed by atoms with van der Waals surface area (Å²) >= 11 is 0. The van der Waals surface area contributed by atoms with E-state index in [0.717, 1.165) is 11.2 Å². The van der Waals surface area contributed by atoms with Gasteiger partial charge in [0.25, 0.3) is 0 Å². The van der Waals surface area contributed by atoms with Crippen LogP contribution in [0.1, 0.15) is 11.3 Å². The molecule has 0 atom stereocenters. The molecule has 1 N–H and O–H groups in total. The van der Waals surface area contributed by atoms with Crippen molar-refractivity contribution in [3.8, 4) is 0 Å². The Balaban J connectivity index is 2.37. The fraction of sp³-hybridized carbons (Fsp3) is 0.118. The summed E-state index contributed by atoms with van der Waals surface area (Å²) in [5.74, 6) is 0. The van der Waals surface area contributed by atoms with Gasteiger partial charge in [0.1, 0.15) is 0 Å². The molecule has 0 aliphatic rings. The predicted octanol–water partition coefficient (Wildman–Crippen LogP) is 4.49. The minimum atomic E-state index is 1.05. The quantitative estimate of drug-likeness (QED) is 0.486. The number of hydrogen-bond acceptors (Lipinski definition) is 1. The van der Waals surface area contributed by atoms with E-state index in [4.69, 9.17) is 4.98 Å². The molecule has 4 aromatic rings. The number of benzene rings is 2. The SMILES string of the molecule is Cc1cccc2c1[nH]c1c3ccccc3nc(C)c21. The van der Waals surface area contributed by atoms with E-state index in [-0.39, 0.29) is 0 Å². The molecule has 0 aliphatic carbocycles. The van der Waals surface area contributed by atoms with E-state index in [0.29, 0.717) is 0 Å². The summed E-state index contributed by atoms with van der Waals surface area (Å²) in [7, 11) is 0. The highest BCUT2D eigenvalue weighted by atomic mass is 14.8. The van der Waals surface area contributed by atoms with Gasteiger partial charge in [-0.05, 0) is 25.5 Å². The van der Waals surface area contributed by atoms with Crippen molar-refractivity contribution in [2.45, 2.75) is 13.8 Å². The van der Waals surface area contributed by atoms with E-state index in [1.165, 1.54) is 32.8 Å². The van der Waals surface area contributed by atoms with Gasteiger partial charge in [0.05, 0.1) is 11.0 Å². The number of nitrogens with zero attached hydrogens (tertiary/aromatic N) is 1. The number of hydrogen-bond donors (Lipinski definition) is 1. The number of nitrogens with one attached hydrogen (secondary N) is 1. The van der Waals surface area contributed by atoms with Gasteiger partial charge in [-0.25, -0.2) is 0 Å². The van der Waals surface area contributed by atoms with Gasteiger partial charge in [-0.2, -0.15) is 0 Å². The lowest BCUT2D eigenvalue weighted by Crippen LogP contribution is -1.85. The van der Waals surface area contributed by atoms with Crippen LogP contribution in [0.25, 0.3) is 32.7 Å². The Hall–Kier alpha value is -2.35. The maximum absolute atomic E-state index is 4.74. The van der Waals surface area contributed by atoms with Crippen molar-refractivity contribution in [1.82, 2.24) is 9.97 Å². The molecule has 19 heavy (non-hydrogen) atoms. The summed E-state index contributed by atoms with van der Waals surface area (Å²) in [6.45, 7) is 4.23. The van der Waals surface area contributed by atoms with Crippen LogP contribution in [0.5, 0.6) is 0 Å². The fourth-order valence-electron chi connectivity index (χ4n) is 2.96. The number of rotatable bonds is 0. The number of fused-ring (bicyclic) bond motifs is 5. The first kappa shape index (κ1) is 10.6. The number of pyridine rings is 1. The van der Waals surface area contributed by atoms with Crippen molar-refractivity contribution in [3.05, 3.63) is 53.7 Å². The molecule has 0 aliphatic heterocycles. The minimum Gasteiger partial charge on any atom is -0.354 e. The molecule has 0 bridgehead atoms. The molecule has 2 heterocycles. The molecule has 0 spiro atoms. The van der Waals surface area contributed by atoms with Gasteiger partial charge in [0.15, 0.2) is 0 Å². The van der Waals surface area contributed by atoms with Crippen LogP contribution in [0.15, 0.2) is 42.5 Å². The van der Waals surface area contributed by atoms with Gasteiger partial charge in [-0.3, -0.25) is 4.98 Å². The second-order valence-electron chi connectivity index (χ2n) is 5.09. The number of H-pyrrole nitrogens is 1. The monoisotopic (exact) mass is 246 g/mol. The van der Waals surface area contributed by atoms with E-state index < -0.39 is 0 Å². The average molecular weight is 246 g/mol. The van der Waals surface area contributed by atoms with E-state index in [2.05, 4.69) is 55.2 Å². The molecule has 2 aromatic heterocycles. The highest BCUT2D eigenvalue weighted by Crippen LogP contribution is 2.33. The lowest BCUT2D eigenvalue weighted by atomic mass is 10.1. The zero-order valence-electron chi connectivity index (χ0n) is 11.0. The highest BCUT2D eigenvalue weighted by Gasteiger charge is 2.12. The van der Waals surface area contributed by atoms with Crippen LogP contribution < -0.4 is 0 Å². The fourth-order valence-corrected chi connectivity index (χ4v) is 2.96. The lowest BCUT2D eigenvalue weighted by molar-refractivity contribution is 1.29. The molecule has 4 rings (SSSR count). The second kappa shape index (κ2) is 3.58. The van der Waals surface area contributed by atoms with Crippen molar-refractivity contribution in [3.63, 3.8) is 0 Å². The van der Waals surface area contributed by atoms with Crippen molar-refractivity contribution >= 4 is 32.7 Å². The average Bonchev–Trinajstić information content (AvgIpc) is 2.81. The predicted molar refractivity (Wildman–Crippen MR) is 80.6 cm³/mol. The summed E-state index contributed by atoms with van der Waals surface area (Å²) in [5.41, 5.74) is 5.84. The molecule has 2 aromatic carbocycles. The summed E-state index contributed by atoms with van der Waals surface area (Å²) in [4.78, 5) is 8.33. The maximum atomic E-state index is 4.74. The first-order chi connectivity index (χ1) is 9.25. The third kappa shape index (κ3) is 1.34. The van der Waals surface area contributed by atoms with Crippen LogP contribution in [-0.2, 0) is 0 Å². The van der Waals surface area contributed by atoms with Crippen molar-refractivity contribution in [2.24, 2.45) is 0 Å². The Morgan fingerprint density at radius 1 is 0.842 bits per heavy atom. The standard InChI is InChI=1S/C17H14N2/c1-10-6-5-8-13-15-11(2)18-14-9-4-3-7-12(14)17(15)19-16(10)13/h3-9,19H,1-2H3. The Morgan fingerprint density at radius 3 is 2.53 bits per heavy atom. The maximum Gasteiger partial charge on any atom is 0.0726 e. The minimum absolute atomic E-state index is 1.05. The van der Waals surface area contributed by atoms with E-state index in [9.17, 15) is 0 Å². The van der Waals surface area contributed by atoms with Crippen LogP contribution in [0.3, 0.4) is 0 Å². The van der Waals surface area contributed by atoms with Crippen LogP contribution >= 0.6 is 0 Å². The van der Waals surface area contributed by atoms with Gasteiger partial charge in [-0.15, -0.1) is 0 Å². The molecule has 92 valence electrons. The Labute approximate surface area is 111 Å². The van der Waals surface area contributed by atoms with Gasteiger partial charge in [-0.1, -0.05) is 36.4 Å². The van der Waals surface area contributed by atoms with Crippen molar-refractivity contribution in [2.75, 3.05) is 0 Å². The zero-order valence-corrected chi connectivity index (χ0v) is 11.0. The normalized spacial score (nSPS) is 11.7. The molecule has 0 radical (unpaired) electrons. The number of aromatic nitrogens is 2. The van der Waals surface area contributed by atoms with Crippen LogP contribution in [0.4, 0.5) is 0 Å². The van der Waals surface area contributed by atoms with Gasteiger partial charge < -0.3 is 4.98 Å². The van der Waals surface area contributed by atoms with Gasteiger partial charge in [0.2, 0.25) is 0 Å². The largest absolute Gasteiger partial charge is 0.354 e. The smallest absolute Gasteiger partial charge is 0.0726 e. The lowest BCUT2D eigenvalue weighted by Gasteiger charge is -2.02. The molecule has 2 heteroatoms. The van der Waals surface area contributed by atoms with Crippen LogP contribution in [0, 0.1) is 13.8 Å². The first-order valence-corrected chi connectivity index (χ1v) is 6.52. The molecule has 0 saturated carbocycles. The molecular weight excluding hydrogens is 232 g/mol. The Bertz CT molecular complexity index is 932. The molecule has 0 amide bonds. The molecule has 0 fully saturated rings. The Morgan fingerprint density at radius 2 is 1.63 bits per heavy atom. The summed E-state index contributed by atoms with van der Waals surface area (Å²) < 4.78 is 0. The van der Waals surface area contributed by atoms with E-state index in [1.54, 1.807) is 0 Å². The third-order valence-corrected chi connectivity index (χ3v) is 3.87. The number of aromatic amines is 1. The number of aryl methyl sites for hydroxylation is 2. The zero-order chi connectivity index (χ0) is 13.0. The van der Waals surface area contributed by atoms with E-state index >= 15 is 0 Å². The molecule has 0 unspecified atom stereocenters. The molecule has 0 saturated heterocycles. The van der Waals surface area contributed by atoms with Crippen molar-refractivity contribution in [1.29, 1.82) is 0 Å². The first-order valence-electron chi connectivity index (χ1n) is 6.52. The second-order valence-corrected chi connectivity index (χ2v) is 5.09. The third-order valence-electron chi connectivity index (χ3n) is 3.87. The number of para-hydroxylation sites is 2. The van der Waals surface area contributed by atoms with Crippen LogP contribution in [-0.4, -0.2) is 9.97 Å². The van der Waals surface area contributed by atoms with Gasteiger partial charge >= 0.3 is 0 Å². The van der Waals surface area contributed by atoms with Crippen molar-refractivity contribution < 1.29 is 0 Å². The molecule has 2 nitrogen and oxygen atoms in total. The summed E-state index contributed by atoms with van der Waals surface area (Å²) in [6, 6.07) is 14.7.